The second-order valence-electron chi connectivity index (χ2n) is 5.51. The third-order valence-corrected chi connectivity index (χ3v) is 6.21. The molecule has 1 aromatic carbocycles. The average molecular weight is 383 g/mol. The van der Waals surface area contributed by atoms with Crippen LogP contribution in [0.2, 0.25) is 0 Å². The van der Waals surface area contributed by atoms with E-state index in [1.807, 2.05) is 13.8 Å². The van der Waals surface area contributed by atoms with Gasteiger partial charge in [-0.2, -0.15) is 0 Å². The van der Waals surface area contributed by atoms with E-state index < -0.39 is 24.8 Å². The van der Waals surface area contributed by atoms with Crippen LogP contribution in [0.1, 0.15) is 33.3 Å². The molecular weight excluding hydrogens is 365 g/mol. The number of hydrogen-bond acceptors (Lipinski definition) is 2. The first-order valence-electron chi connectivity index (χ1n) is 6.32. The largest absolute Gasteiger partial charge is 0.366 e. The molecule has 0 radical (unpaired) electrons. The lowest BCUT2D eigenvalue weighted by Crippen LogP contribution is -2.29. The van der Waals surface area contributed by atoms with Crippen molar-refractivity contribution in [3.8, 4) is 0 Å². The number of halogens is 3. The van der Waals surface area contributed by atoms with Gasteiger partial charge in [0.1, 0.15) is 4.22 Å². The van der Waals surface area contributed by atoms with Gasteiger partial charge < -0.3 is 4.89 Å². The third-order valence-electron chi connectivity index (χ3n) is 3.25. The van der Waals surface area contributed by atoms with Crippen molar-refractivity contribution in [3.05, 3.63) is 39.6 Å². The molecule has 7 heteroatoms. The van der Waals surface area contributed by atoms with Crippen molar-refractivity contribution in [2.75, 3.05) is 0 Å². The van der Waals surface area contributed by atoms with Gasteiger partial charge in [-0.15, -0.1) is 0 Å². The van der Waals surface area contributed by atoms with E-state index in [4.69, 9.17) is 4.52 Å². The number of hydrogen-bond donors (Lipinski definition) is 1. The van der Waals surface area contributed by atoms with E-state index in [2.05, 4.69) is 15.9 Å². The molecule has 21 heavy (non-hydrogen) atoms. The predicted molar refractivity (Wildman–Crippen MR) is 83.1 cm³/mol. The van der Waals surface area contributed by atoms with E-state index in [-0.39, 0.29) is 15.7 Å². The van der Waals surface area contributed by atoms with Crippen LogP contribution in [0.15, 0.2) is 22.4 Å². The summed E-state index contributed by atoms with van der Waals surface area (Å²) in [6, 6.07) is 3.18. The zero-order valence-corrected chi connectivity index (χ0v) is 14.7. The molecule has 0 aliphatic rings. The quantitative estimate of drug-likeness (QED) is 0.703. The van der Waals surface area contributed by atoms with Crippen molar-refractivity contribution in [2.45, 2.75) is 33.3 Å². The Hall–Kier alpha value is -0.550. The molecule has 1 atom stereocenters. The molecule has 0 spiro atoms. The Labute approximate surface area is 131 Å². The monoisotopic (exact) mass is 382 g/mol. The molecule has 1 rings (SSSR count). The molecule has 0 bridgehead atoms. The molecule has 118 valence electrons. The molecule has 3 nitrogen and oxygen atoms in total. The Morgan fingerprint density at radius 2 is 1.95 bits per heavy atom. The lowest BCUT2D eigenvalue weighted by atomic mass is 9.95. The molecule has 0 fully saturated rings. The van der Waals surface area contributed by atoms with Crippen molar-refractivity contribution in [1.82, 2.24) is 0 Å². The summed E-state index contributed by atoms with van der Waals surface area (Å²) in [6.45, 7) is 7.15. The summed E-state index contributed by atoms with van der Waals surface area (Å²) in [5.41, 5.74) is -0.563. The van der Waals surface area contributed by atoms with Gasteiger partial charge in [0.15, 0.2) is 11.6 Å². The molecule has 1 N–H and O–H groups in total. The molecule has 0 aliphatic carbocycles. The molecule has 0 amide bonds. The minimum Gasteiger partial charge on any atom is -0.321 e. The Kier molecular flexibility index (Phi) is 5.90. The fraction of sp³-hybridized carbons (Fsp3) is 0.429. The summed E-state index contributed by atoms with van der Waals surface area (Å²) in [5.74, 6) is -1.99. The van der Waals surface area contributed by atoms with Gasteiger partial charge in [-0.1, -0.05) is 19.9 Å². The van der Waals surface area contributed by atoms with Gasteiger partial charge in [0.2, 0.25) is 0 Å². The van der Waals surface area contributed by atoms with E-state index in [1.165, 1.54) is 12.1 Å². The van der Waals surface area contributed by atoms with Crippen molar-refractivity contribution in [1.29, 1.82) is 0 Å². The summed E-state index contributed by atoms with van der Waals surface area (Å²) in [7, 11) is -4.09. The van der Waals surface area contributed by atoms with Crippen LogP contribution in [-0.2, 0) is 9.09 Å². The minimum atomic E-state index is -4.09. The first-order chi connectivity index (χ1) is 9.45. The van der Waals surface area contributed by atoms with E-state index in [0.29, 0.717) is 0 Å². The first kappa shape index (κ1) is 18.5. The molecule has 1 unspecified atom stereocenters. The summed E-state index contributed by atoms with van der Waals surface area (Å²) >= 11 is 2.99. The first-order valence-corrected chi connectivity index (χ1v) is 8.69. The van der Waals surface area contributed by atoms with Gasteiger partial charge in [0.25, 0.3) is 0 Å². The SMILES string of the molecule is CC(C)C(C)(C)OP(=O)(O)C(Br)=Cc1ccc(F)c(F)c1. The average Bonchev–Trinajstić information content (AvgIpc) is 2.32. The van der Waals surface area contributed by atoms with Crippen LogP contribution in [0.4, 0.5) is 8.78 Å². The predicted octanol–water partition coefficient (Wildman–Crippen LogP) is 5.29. The van der Waals surface area contributed by atoms with Crippen LogP contribution in [0.3, 0.4) is 0 Å². The summed E-state index contributed by atoms with van der Waals surface area (Å²) in [6.07, 6.45) is 1.24. The molecule has 0 aromatic heterocycles. The maximum Gasteiger partial charge on any atom is 0.366 e. The second-order valence-corrected chi connectivity index (χ2v) is 8.68. The van der Waals surface area contributed by atoms with Crippen molar-refractivity contribution in [3.63, 3.8) is 0 Å². The van der Waals surface area contributed by atoms with E-state index in [1.54, 1.807) is 13.8 Å². The highest BCUT2D eigenvalue weighted by atomic mass is 79.9. The number of rotatable bonds is 5. The van der Waals surface area contributed by atoms with Gasteiger partial charge in [-0.05, 0) is 59.5 Å². The smallest absolute Gasteiger partial charge is 0.321 e. The van der Waals surface area contributed by atoms with E-state index in [0.717, 1.165) is 12.1 Å². The minimum absolute atomic E-state index is 0.0153. The maximum atomic E-state index is 13.1. The van der Waals surface area contributed by atoms with Gasteiger partial charge in [0.05, 0.1) is 5.60 Å². The van der Waals surface area contributed by atoms with Crippen LogP contribution in [0.25, 0.3) is 6.08 Å². The van der Waals surface area contributed by atoms with Gasteiger partial charge in [0, 0.05) is 0 Å². The third kappa shape index (κ3) is 4.99. The Morgan fingerprint density at radius 1 is 1.38 bits per heavy atom. The lowest BCUT2D eigenvalue weighted by Gasteiger charge is -2.31. The standard InChI is InChI=1S/C14H18BrF2O3P/c1-9(2)14(3,4)20-21(18,19)13(15)8-10-5-6-11(16)12(17)7-10/h5-9H,1-4H3,(H,18,19). The Balaban J connectivity index is 3.04. The molecule has 1 aromatic rings. The zero-order chi connectivity index (χ0) is 16.4. The van der Waals surface area contributed by atoms with Crippen molar-refractivity contribution >= 4 is 29.6 Å². The fourth-order valence-electron chi connectivity index (χ4n) is 1.29. The lowest BCUT2D eigenvalue weighted by molar-refractivity contribution is 0.0506. The highest BCUT2D eigenvalue weighted by Crippen LogP contribution is 2.58. The fourth-order valence-corrected chi connectivity index (χ4v) is 3.02. The summed E-state index contributed by atoms with van der Waals surface area (Å²) in [4.78, 5) is 10.0. The normalized spacial score (nSPS) is 16.1. The van der Waals surface area contributed by atoms with Gasteiger partial charge in [-0.3, -0.25) is 9.09 Å². The molecule has 0 saturated heterocycles. The maximum absolute atomic E-state index is 13.1. The Bertz CT molecular complexity index is 600. The zero-order valence-electron chi connectivity index (χ0n) is 12.2. The summed E-state index contributed by atoms with van der Waals surface area (Å²) in [5, 5.41) is 0. The van der Waals surface area contributed by atoms with Crippen LogP contribution < -0.4 is 0 Å². The van der Waals surface area contributed by atoms with Crippen LogP contribution in [0.5, 0.6) is 0 Å². The van der Waals surface area contributed by atoms with Crippen LogP contribution in [-0.4, -0.2) is 10.5 Å². The van der Waals surface area contributed by atoms with Gasteiger partial charge >= 0.3 is 7.60 Å². The van der Waals surface area contributed by atoms with Crippen molar-refractivity contribution in [2.24, 2.45) is 5.92 Å². The summed E-state index contributed by atoms with van der Waals surface area (Å²) < 4.78 is 43.4. The van der Waals surface area contributed by atoms with E-state index >= 15 is 0 Å². The topological polar surface area (TPSA) is 46.5 Å². The van der Waals surface area contributed by atoms with Crippen molar-refractivity contribution < 1.29 is 22.8 Å². The van der Waals surface area contributed by atoms with Crippen LogP contribution >= 0.6 is 23.5 Å². The molecular formula is C14H18BrF2O3P. The second kappa shape index (κ2) is 6.69. The highest BCUT2D eigenvalue weighted by molar-refractivity contribution is 9.13. The Morgan fingerprint density at radius 3 is 2.43 bits per heavy atom. The number of benzene rings is 1. The molecule has 0 heterocycles. The van der Waals surface area contributed by atoms with Crippen LogP contribution in [0, 0.1) is 17.6 Å². The van der Waals surface area contributed by atoms with E-state index in [9.17, 15) is 18.2 Å². The van der Waals surface area contributed by atoms with Gasteiger partial charge in [-0.25, -0.2) is 8.78 Å². The molecule has 0 saturated carbocycles. The highest BCUT2D eigenvalue weighted by Gasteiger charge is 2.35. The molecule has 0 aliphatic heterocycles.